The molecule has 1 aliphatic rings. The first kappa shape index (κ1) is 15.0. The van der Waals surface area contributed by atoms with Crippen molar-refractivity contribution in [2.75, 3.05) is 13.2 Å². The highest BCUT2D eigenvalue weighted by molar-refractivity contribution is 9.10. The number of amides is 2. The average Bonchev–Trinajstić information content (AvgIpc) is 2.93. The van der Waals surface area contributed by atoms with E-state index in [2.05, 4.69) is 15.9 Å². The molecule has 0 saturated carbocycles. The van der Waals surface area contributed by atoms with Crippen LogP contribution < -0.4 is 5.73 Å². The van der Waals surface area contributed by atoms with E-state index in [9.17, 15) is 9.59 Å². The number of carbonyl (C=O) groups is 2. The second-order valence-electron chi connectivity index (χ2n) is 4.79. The van der Waals surface area contributed by atoms with Gasteiger partial charge in [-0.2, -0.15) is 0 Å². The Morgan fingerprint density at radius 3 is 2.60 bits per heavy atom. The summed E-state index contributed by atoms with van der Waals surface area (Å²) in [6, 6.07) is 7.60. The molecule has 1 saturated heterocycles. The minimum absolute atomic E-state index is 0.0885. The summed E-state index contributed by atoms with van der Waals surface area (Å²) in [5, 5.41) is 0. The van der Waals surface area contributed by atoms with E-state index < -0.39 is 12.0 Å². The molecule has 2 rings (SSSR count). The van der Waals surface area contributed by atoms with Gasteiger partial charge in [0.05, 0.1) is 6.54 Å². The fourth-order valence-corrected chi connectivity index (χ4v) is 2.45. The smallest absolute Gasteiger partial charge is 0.252 e. The van der Waals surface area contributed by atoms with Gasteiger partial charge in [0, 0.05) is 17.6 Å². The SMILES string of the molecule is NC(=O)CN(Cc1ccc(Br)cc1)C(=O)[C@@H]1CCCO1. The Labute approximate surface area is 126 Å². The zero-order valence-electron chi connectivity index (χ0n) is 11.0. The molecule has 1 aromatic rings. The summed E-state index contributed by atoms with van der Waals surface area (Å²) in [5.41, 5.74) is 6.17. The number of nitrogens with two attached hydrogens (primary N) is 1. The summed E-state index contributed by atoms with van der Waals surface area (Å²) in [5.74, 6) is -0.683. The van der Waals surface area contributed by atoms with Gasteiger partial charge in [-0.25, -0.2) is 0 Å². The van der Waals surface area contributed by atoms with E-state index in [1.807, 2.05) is 24.3 Å². The number of hydrogen-bond donors (Lipinski definition) is 1. The molecule has 5 nitrogen and oxygen atoms in total. The Morgan fingerprint density at radius 2 is 2.05 bits per heavy atom. The number of benzene rings is 1. The lowest BCUT2D eigenvalue weighted by Crippen LogP contribution is -2.43. The molecule has 1 aromatic carbocycles. The van der Waals surface area contributed by atoms with Crippen LogP contribution >= 0.6 is 15.9 Å². The van der Waals surface area contributed by atoms with Crippen LogP contribution in [0, 0.1) is 0 Å². The fourth-order valence-electron chi connectivity index (χ4n) is 2.19. The van der Waals surface area contributed by atoms with Gasteiger partial charge in [0.25, 0.3) is 5.91 Å². The van der Waals surface area contributed by atoms with Crippen molar-refractivity contribution < 1.29 is 14.3 Å². The molecule has 1 fully saturated rings. The molecule has 20 heavy (non-hydrogen) atoms. The lowest BCUT2D eigenvalue weighted by Gasteiger charge is -2.24. The molecule has 0 unspecified atom stereocenters. The molecule has 1 heterocycles. The van der Waals surface area contributed by atoms with Crippen molar-refractivity contribution in [2.45, 2.75) is 25.5 Å². The number of rotatable bonds is 5. The Hall–Kier alpha value is -1.40. The molecule has 1 aliphatic heterocycles. The third-order valence-electron chi connectivity index (χ3n) is 3.15. The molecule has 0 aliphatic carbocycles. The average molecular weight is 341 g/mol. The predicted octanol–water partition coefficient (Wildman–Crippen LogP) is 1.44. The van der Waals surface area contributed by atoms with E-state index in [-0.39, 0.29) is 12.5 Å². The lowest BCUT2D eigenvalue weighted by atomic mass is 10.1. The van der Waals surface area contributed by atoms with Gasteiger partial charge in [0.2, 0.25) is 5.91 Å². The maximum atomic E-state index is 12.3. The van der Waals surface area contributed by atoms with E-state index in [0.717, 1.165) is 16.5 Å². The number of hydrogen-bond acceptors (Lipinski definition) is 3. The number of nitrogens with zero attached hydrogens (tertiary/aromatic N) is 1. The summed E-state index contributed by atoms with van der Waals surface area (Å²) in [7, 11) is 0. The standard InChI is InChI=1S/C14H17BrN2O3/c15-11-5-3-10(4-6-11)8-17(9-13(16)18)14(19)12-2-1-7-20-12/h3-6,12H,1-2,7-9H2,(H2,16,18)/t12-/m0/s1. The molecule has 108 valence electrons. The molecule has 0 radical (unpaired) electrons. The number of primary amides is 1. The molecular formula is C14H17BrN2O3. The van der Waals surface area contributed by atoms with Crippen LogP contribution in [0.5, 0.6) is 0 Å². The highest BCUT2D eigenvalue weighted by Crippen LogP contribution is 2.17. The maximum absolute atomic E-state index is 12.3. The molecule has 0 aromatic heterocycles. The van der Waals surface area contributed by atoms with Crippen molar-refractivity contribution in [3.8, 4) is 0 Å². The van der Waals surface area contributed by atoms with Gasteiger partial charge in [-0.1, -0.05) is 28.1 Å². The second kappa shape index (κ2) is 6.85. The van der Waals surface area contributed by atoms with Crippen molar-refractivity contribution >= 4 is 27.7 Å². The lowest BCUT2D eigenvalue weighted by molar-refractivity contribution is -0.144. The van der Waals surface area contributed by atoms with Crippen molar-refractivity contribution in [1.82, 2.24) is 4.90 Å². The zero-order valence-corrected chi connectivity index (χ0v) is 12.6. The summed E-state index contributed by atoms with van der Waals surface area (Å²) in [6.45, 7) is 0.864. The first-order valence-electron chi connectivity index (χ1n) is 6.49. The molecule has 0 bridgehead atoms. The van der Waals surface area contributed by atoms with Crippen LogP contribution in [-0.2, 0) is 20.9 Å². The van der Waals surface area contributed by atoms with Gasteiger partial charge in [-0.15, -0.1) is 0 Å². The number of carbonyl (C=O) groups excluding carboxylic acids is 2. The van der Waals surface area contributed by atoms with Gasteiger partial charge in [-0.05, 0) is 30.5 Å². The highest BCUT2D eigenvalue weighted by atomic mass is 79.9. The molecule has 6 heteroatoms. The summed E-state index contributed by atoms with van der Waals surface area (Å²) in [4.78, 5) is 24.9. The Balaban J connectivity index is 2.08. The van der Waals surface area contributed by atoms with Gasteiger partial charge in [0.15, 0.2) is 0 Å². The Bertz CT molecular complexity index is 484. The Morgan fingerprint density at radius 1 is 1.35 bits per heavy atom. The minimum atomic E-state index is -0.520. The van der Waals surface area contributed by atoms with Crippen molar-refractivity contribution in [2.24, 2.45) is 5.73 Å². The monoisotopic (exact) mass is 340 g/mol. The molecule has 2 N–H and O–H groups in total. The Kier molecular flexibility index (Phi) is 5.14. The van der Waals surface area contributed by atoms with Crippen LogP contribution in [-0.4, -0.2) is 36.0 Å². The van der Waals surface area contributed by atoms with E-state index in [1.165, 1.54) is 4.90 Å². The van der Waals surface area contributed by atoms with Crippen LogP contribution in [0.3, 0.4) is 0 Å². The van der Waals surface area contributed by atoms with Crippen LogP contribution in [0.4, 0.5) is 0 Å². The highest BCUT2D eigenvalue weighted by Gasteiger charge is 2.29. The third-order valence-corrected chi connectivity index (χ3v) is 3.68. The van der Waals surface area contributed by atoms with Crippen LogP contribution in [0.25, 0.3) is 0 Å². The molecular weight excluding hydrogens is 324 g/mol. The van der Waals surface area contributed by atoms with Gasteiger partial charge >= 0.3 is 0 Å². The van der Waals surface area contributed by atoms with Crippen LogP contribution in [0.2, 0.25) is 0 Å². The fraction of sp³-hybridized carbons (Fsp3) is 0.429. The van der Waals surface area contributed by atoms with Crippen molar-refractivity contribution in [3.63, 3.8) is 0 Å². The van der Waals surface area contributed by atoms with E-state index >= 15 is 0 Å². The van der Waals surface area contributed by atoms with Gasteiger partial charge in [0.1, 0.15) is 6.10 Å². The largest absolute Gasteiger partial charge is 0.368 e. The zero-order chi connectivity index (χ0) is 14.5. The van der Waals surface area contributed by atoms with Gasteiger partial charge < -0.3 is 15.4 Å². The van der Waals surface area contributed by atoms with Crippen molar-refractivity contribution in [1.29, 1.82) is 0 Å². The molecule has 0 spiro atoms. The normalized spacial score (nSPS) is 17.9. The first-order valence-corrected chi connectivity index (χ1v) is 7.28. The second-order valence-corrected chi connectivity index (χ2v) is 5.70. The predicted molar refractivity (Wildman–Crippen MR) is 77.7 cm³/mol. The number of halogens is 1. The van der Waals surface area contributed by atoms with Crippen LogP contribution in [0.15, 0.2) is 28.7 Å². The maximum Gasteiger partial charge on any atom is 0.252 e. The van der Waals surface area contributed by atoms with Crippen molar-refractivity contribution in [3.05, 3.63) is 34.3 Å². The van der Waals surface area contributed by atoms with E-state index in [0.29, 0.717) is 19.6 Å². The summed E-state index contributed by atoms with van der Waals surface area (Å²) < 4.78 is 6.35. The van der Waals surface area contributed by atoms with E-state index in [1.54, 1.807) is 0 Å². The quantitative estimate of drug-likeness (QED) is 0.881. The summed E-state index contributed by atoms with van der Waals surface area (Å²) >= 11 is 3.36. The number of ether oxygens (including phenoxy) is 1. The molecule has 2 amide bonds. The summed E-state index contributed by atoms with van der Waals surface area (Å²) in [6.07, 6.45) is 1.14. The third kappa shape index (κ3) is 4.05. The topological polar surface area (TPSA) is 72.6 Å². The van der Waals surface area contributed by atoms with Gasteiger partial charge in [-0.3, -0.25) is 9.59 Å². The first-order chi connectivity index (χ1) is 9.56. The molecule has 1 atom stereocenters. The van der Waals surface area contributed by atoms with Crippen LogP contribution in [0.1, 0.15) is 18.4 Å². The minimum Gasteiger partial charge on any atom is -0.368 e. The van der Waals surface area contributed by atoms with E-state index in [4.69, 9.17) is 10.5 Å².